The maximum Gasteiger partial charge on any atom is 0.333 e. The molecule has 3 aliphatic heterocycles. The monoisotopic (exact) mass is 306 g/mol. The normalized spacial score (nSPS) is 33.1. The second-order valence-corrected chi connectivity index (χ2v) is 8.44. The molecule has 0 aromatic heterocycles. The van der Waals surface area contributed by atoms with Gasteiger partial charge in [0.15, 0.2) is 0 Å². The third-order valence-electron chi connectivity index (χ3n) is 3.90. The quantitative estimate of drug-likeness (QED) is 0.711. The lowest BCUT2D eigenvalue weighted by molar-refractivity contribution is 0.178. The number of fused-ring (bicyclic) bond motifs is 1. The number of urea groups is 1. The minimum absolute atomic E-state index is 0.0594. The van der Waals surface area contributed by atoms with Crippen LogP contribution in [0.15, 0.2) is 0 Å². The molecule has 3 heterocycles. The van der Waals surface area contributed by atoms with E-state index in [0.29, 0.717) is 25.9 Å². The van der Waals surface area contributed by atoms with E-state index in [0.717, 1.165) is 11.5 Å². The minimum atomic E-state index is -3.28. The maximum atomic E-state index is 12.6. The highest BCUT2D eigenvalue weighted by Crippen LogP contribution is 2.26. The van der Waals surface area contributed by atoms with Gasteiger partial charge in [0.2, 0.25) is 10.0 Å². The fraction of sp³-hybridized carbons (Fsp3) is 0.900. The molecule has 0 spiro atoms. The Morgan fingerprint density at radius 3 is 2.68 bits per heavy atom. The molecule has 0 bridgehead atoms. The number of hydrogen-bond acceptors (Lipinski definition) is 5. The van der Waals surface area contributed by atoms with Gasteiger partial charge in [0.1, 0.15) is 6.17 Å². The molecule has 3 fully saturated rings. The van der Waals surface area contributed by atoms with Crippen molar-refractivity contribution in [2.75, 3.05) is 31.1 Å². The molecule has 0 aromatic carbocycles. The van der Waals surface area contributed by atoms with Crippen molar-refractivity contribution >= 4 is 27.8 Å². The summed E-state index contributed by atoms with van der Waals surface area (Å²) in [4.78, 5) is 13.2. The molecule has 108 valence electrons. The van der Waals surface area contributed by atoms with Gasteiger partial charge in [0.05, 0.1) is 5.25 Å². The van der Waals surface area contributed by atoms with Crippen LogP contribution in [0.5, 0.6) is 0 Å². The third-order valence-corrected chi connectivity index (χ3v) is 7.15. The van der Waals surface area contributed by atoms with E-state index in [-0.39, 0.29) is 18.7 Å². The van der Waals surface area contributed by atoms with Gasteiger partial charge in [-0.25, -0.2) is 18.6 Å². The first-order valence-corrected chi connectivity index (χ1v) is 9.13. The molecule has 7 nitrogen and oxygen atoms in total. The van der Waals surface area contributed by atoms with E-state index in [4.69, 9.17) is 0 Å². The van der Waals surface area contributed by atoms with Crippen molar-refractivity contribution in [1.82, 2.24) is 20.1 Å². The van der Waals surface area contributed by atoms with Crippen molar-refractivity contribution in [3.8, 4) is 0 Å². The summed E-state index contributed by atoms with van der Waals surface area (Å²) in [5, 5.41) is -0.461. The second kappa shape index (κ2) is 5.12. The van der Waals surface area contributed by atoms with Crippen LogP contribution in [-0.4, -0.2) is 66.2 Å². The third kappa shape index (κ3) is 2.44. The zero-order valence-corrected chi connectivity index (χ0v) is 12.2. The Kier molecular flexibility index (Phi) is 3.63. The van der Waals surface area contributed by atoms with Crippen molar-refractivity contribution < 1.29 is 13.2 Å². The first-order valence-electron chi connectivity index (χ1n) is 6.48. The lowest BCUT2D eigenvalue weighted by atomic mass is 10.1. The van der Waals surface area contributed by atoms with Gasteiger partial charge in [-0.15, -0.1) is 0 Å². The largest absolute Gasteiger partial charge is 0.333 e. The predicted octanol–water partition coefficient (Wildman–Crippen LogP) is -0.617. The Hall–Kier alpha value is -0.510. The number of rotatable bonds is 2. The van der Waals surface area contributed by atoms with Crippen LogP contribution in [0.1, 0.15) is 12.8 Å². The van der Waals surface area contributed by atoms with Crippen LogP contribution >= 0.6 is 11.8 Å². The van der Waals surface area contributed by atoms with Crippen LogP contribution < -0.4 is 10.9 Å². The highest BCUT2D eigenvalue weighted by Gasteiger charge is 2.42. The van der Waals surface area contributed by atoms with Gasteiger partial charge < -0.3 is 4.90 Å². The Balaban J connectivity index is 1.73. The topological polar surface area (TPSA) is 81.8 Å². The molecule has 3 saturated heterocycles. The number of hydrogen-bond donors (Lipinski definition) is 2. The van der Waals surface area contributed by atoms with Gasteiger partial charge in [-0.2, -0.15) is 16.1 Å². The van der Waals surface area contributed by atoms with Crippen molar-refractivity contribution in [2.24, 2.45) is 0 Å². The van der Waals surface area contributed by atoms with Gasteiger partial charge in [0.25, 0.3) is 0 Å². The van der Waals surface area contributed by atoms with Crippen molar-refractivity contribution in [2.45, 2.75) is 24.3 Å². The molecule has 3 rings (SSSR count). The average molecular weight is 306 g/mol. The molecular weight excluding hydrogens is 288 g/mol. The number of carbonyl (C=O) groups is 1. The SMILES string of the molecule is O=C1NNC2CCC(S(=O)(=O)N3CCSCC3)CN12. The molecule has 2 N–H and O–H groups in total. The van der Waals surface area contributed by atoms with Crippen LogP contribution in [0.4, 0.5) is 4.79 Å². The van der Waals surface area contributed by atoms with E-state index in [1.54, 1.807) is 21.0 Å². The van der Waals surface area contributed by atoms with E-state index >= 15 is 0 Å². The molecule has 19 heavy (non-hydrogen) atoms. The zero-order valence-electron chi connectivity index (χ0n) is 10.5. The van der Waals surface area contributed by atoms with Gasteiger partial charge in [-0.3, -0.25) is 5.43 Å². The fourth-order valence-electron chi connectivity index (χ4n) is 2.78. The molecule has 3 aliphatic rings. The number of carbonyl (C=O) groups excluding carboxylic acids is 1. The Bertz CT molecular complexity index is 463. The number of sulfonamides is 1. The smallest absolute Gasteiger partial charge is 0.305 e. The van der Waals surface area contributed by atoms with Crippen LogP contribution in [0, 0.1) is 0 Å². The van der Waals surface area contributed by atoms with Gasteiger partial charge in [0, 0.05) is 31.1 Å². The molecule has 2 amide bonds. The van der Waals surface area contributed by atoms with Crippen molar-refractivity contribution in [1.29, 1.82) is 0 Å². The molecular formula is C10H18N4O3S2. The van der Waals surface area contributed by atoms with E-state index in [9.17, 15) is 13.2 Å². The Labute approximate surface area is 117 Å². The van der Waals surface area contributed by atoms with Crippen LogP contribution in [-0.2, 0) is 10.0 Å². The van der Waals surface area contributed by atoms with Gasteiger partial charge in [-0.05, 0) is 12.8 Å². The number of hydrazine groups is 1. The first kappa shape index (κ1) is 13.5. The summed E-state index contributed by atoms with van der Waals surface area (Å²) in [6.07, 6.45) is 1.22. The Morgan fingerprint density at radius 1 is 1.21 bits per heavy atom. The van der Waals surface area contributed by atoms with E-state index in [1.807, 2.05) is 0 Å². The molecule has 2 unspecified atom stereocenters. The van der Waals surface area contributed by atoms with Crippen molar-refractivity contribution in [3.05, 3.63) is 0 Å². The molecule has 0 aliphatic carbocycles. The molecule has 9 heteroatoms. The highest BCUT2D eigenvalue weighted by atomic mass is 32.2. The zero-order chi connectivity index (χ0) is 13.5. The summed E-state index contributed by atoms with van der Waals surface area (Å²) in [7, 11) is -3.28. The van der Waals surface area contributed by atoms with Gasteiger partial charge >= 0.3 is 6.03 Å². The summed E-state index contributed by atoms with van der Waals surface area (Å²) in [6, 6.07) is -0.223. The predicted molar refractivity (Wildman–Crippen MR) is 73.0 cm³/mol. The number of piperidine rings is 1. The molecule has 0 saturated carbocycles. The standard InChI is InChI=1S/C10H18N4O3S2/c15-10-12-11-9-2-1-8(7-14(9)10)19(16,17)13-3-5-18-6-4-13/h8-9,11H,1-7H2,(H,12,15). The lowest BCUT2D eigenvalue weighted by Crippen LogP contribution is -2.53. The first-order chi connectivity index (χ1) is 9.09. The highest BCUT2D eigenvalue weighted by molar-refractivity contribution is 7.99. The summed E-state index contributed by atoms with van der Waals surface area (Å²) < 4.78 is 26.7. The number of thioether (sulfide) groups is 1. The fourth-order valence-corrected chi connectivity index (χ4v) is 5.81. The maximum absolute atomic E-state index is 12.6. The summed E-state index contributed by atoms with van der Waals surface area (Å²) in [6.45, 7) is 1.48. The lowest BCUT2D eigenvalue weighted by Gasteiger charge is -2.36. The average Bonchev–Trinajstić information content (AvgIpc) is 2.81. The van der Waals surface area contributed by atoms with E-state index in [1.165, 1.54) is 0 Å². The Morgan fingerprint density at radius 2 is 1.95 bits per heavy atom. The van der Waals surface area contributed by atoms with E-state index < -0.39 is 15.3 Å². The summed E-state index contributed by atoms with van der Waals surface area (Å²) in [5.41, 5.74) is 5.41. The van der Waals surface area contributed by atoms with Crippen molar-refractivity contribution in [3.63, 3.8) is 0 Å². The van der Waals surface area contributed by atoms with Crippen LogP contribution in [0.25, 0.3) is 0 Å². The minimum Gasteiger partial charge on any atom is -0.305 e. The molecule has 0 radical (unpaired) electrons. The number of nitrogens with zero attached hydrogens (tertiary/aromatic N) is 2. The number of amides is 2. The second-order valence-electron chi connectivity index (χ2n) is 5.00. The molecule has 2 atom stereocenters. The summed E-state index contributed by atoms with van der Waals surface area (Å²) >= 11 is 1.79. The molecule has 0 aromatic rings. The van der Waals surface area contributed by atoms with Gasteiger partial charge in [-0.1, -0.05) is 0 Å². The van der Waals surface area contributed by atoms with Crippen LogP contribution in [0.2, 0.25) is 0 Å². The summed E-state index contributed by atoms with van der Waals surface area (Å²) in [5.74, 6) is 1.72. The van der Waals surface area contributed by atoms with Crippen LogP contribution in [0.3, 0.4) is 0 Å². The van der Waals surface area contributed by atoms with E-state index in [2.05, 4.69) is 10.9 Å². The number of nitrogens with one attached hydrogen (secondary N) is 2.